The number of amides is 1. The number of hydroxylamine groups is 1. The van der Waals surface area contributed by atoms with Crippen LogP contribution in [0.25, 0.3) is 0 Å². The van der Waals surface area contributed by atoms with E-state index in [4.69, 9.17) is 9.94 Å². The first kappa shape index (κ1) is 19.2. The summed E-state index contributed by atoms with van der Waals surface area (Å²) in [5.74, 6) is 5.36. The van der Waals surface area contributed by atoms with Crippen molar-refractivity contribution in [2.75, 3.05) is 6.61 Å². The van der Waals surface area contributed by atoms with Crippen LogP contribution in [0.2, 0.25) is 0 Å². The zero-order valence-electron chi connectivity index (χ0n) is 13.4. The third-order valence-electron chi connectivity index (χ3n) is 3.26. The van der Waals surface area contributed by atoms with E-state index in [0.29, 0.717) is 16.2 Å². The van der Waals surface area contributed by atoms with Crippen molar-refractivity contribution in [3.8, 4) is 17.6 Å². The first-order valence-corrected chi connectivity index (χ1v) is 9.30. The second kappa shape index (κ2) is 9.37. The summed E-state index contributed by atoms with van der Waals surface area (Å²) < 4.78 is 19.1. The molecule has 0 fully saturated rings. The van der Waals surface area contributed by atoms with E-state index in [-0.39, 0.29) is 6.61 Å². The van der Waals surface area contributed by atoms with Crippen LogP contribution >= 0.6 is 15.9 Å². The summed E-state index contributed by atoms with van der Waals surface area (Å²) in [7, 11) is -1.70. The molecule has 25 heavy (non-hydrogen) atoms. The number of carbonyl (C=O) groups is 1. The number of rotatable bonds is 6. The van der Waals surface area contributed by atoms with Gasteiger partial charge in [-0.25, -0.2) is 5.48 Å². The molecule has 1 amide bonds. The fourth-order valence-electron chi connectivity index (χ4n) is 2.10. The highest BCUT2D eigenvalue weighted by Crippen LogP contribution is 2.28. The average Bonchev–Trinajstić information content (AvgIpc) is 2.62. The molecular formula is C18H16BrNO4S. The highest BCUT2D eigenvalue weighted by molar-refractivity contribution is 9.10. The molecule has 0 aliphatic rings. The molecule has 0 aromatic heterocycles. The molecule has 2 aromatic rings. The number of nitrogens with one attached hydrogen (secondary N) is 1. The van der Waals surface area contributed by atoms with Crippen LogP contribution in [-0.2, 0) is 15.6 Å². The van der Waals surface area contributed by atoms with Gasteiger partial charge < -0.3 is 4.74 Å². The van der Waals surface area contributed by atoms with Gasteiger partial charge in [-0.05, 0) is 48.9 Å². The summed E-state index contributed by atoms with van der Waals surface area (Å²) in [4.78, 5) is 12.5. The zero-order chi connectivity index (χ0) is 18.2. The van der Waals surface area contributed by atoms with Crippen molar-refractivity contribution in [3.63, 3.8) is 0 Å². The summed E-state index contributed by atoms with van der Waals surface area (Å²) in [5, 5.41) is 7.98. The maximum absolute atomic E-state index is 12.9. The molecule has 2 rings (SSSR count). The van der Waals surface area contributed by atoms with Gasteiger partial charge in [0, 0.05) is 9.37 Å². The van der Waals surface area contributed by atoms with Crippen LogP contribution in [-0.4, -0.2) is 21.9 Å². The van der Waals surface area contributed by atoms with E-state index < -0.39 is 22.0 Å². The van der Waals surface area contributed by atoms with Crippen LogP contribution in [0.3, 0.4) is 0 Å². The van der Waals surface area contributed by atoms with Gasteiger partial charge in [-0.15, -0.1) is 5.92 Å². The fourth-order valence-corrected chi connectivity index (χ4v) is 3.83. The molecule has 0 aliphatic heterocycles. The van der Waals surface area contributed by atoms with Gasteiger partial charge in [0.2, 0.25) is 0 Å². The zero-order valence-corrected chi connectivity index (χ0v) is 15.8. The highest BCUT2D eigenvalue weighted by Gasteiger charge is 2.28. The van der Waals surface area contributed by atoms with Crippen LogP contribution in [0.4, 0.5) is 0 Å². The molecule has 1 unspecified atom stereocenters. The van der Waals surface area contributed by atoms with Crippen molar-refractivity contribution in [3.05, 3.63) is 58.6 Å². The number of ether oxygens (including phenoxy) is 1. The molecular weight excluding hydrogens is 406 g/mol. The lowest BCUT2D eigenvalue weighted by Crippen LogP contribution is -2.29. The van der Waals surface area contributed by atoms with Gasteiger partial charge in [-0.2, -0.15) is 0 Å². The fraction of sp³-hybridized carbons (Fsp3) is 0.167. The minimum atomic E-state index is -1.70. The van der Waals surface area contributed by atoms with E-state index >= 15 is 0 Å². The Bertz CT molecular complexity index is 827. The smallest absolute Gasteiger partial charge is 0.263 e. The van der Waals surface area contributed by atoms with Crippen LogP contribution < -0.4 is 10.2 Å². The van der Waals surface area contributed by atoms with E-state index in [9.17, 15) is 9.00 Å². The Labute approximate surface area is 156 Å². The highest BCUT2D eigenvalue weighted by atomic mass is 79.9. The van der Waals surface area contributed by atoms with Crippen molar-refractivity contribution in [2.45, 2.75) is 17.1 Å². The molecule has 0 aliphatic carbocycles. The molecule has 0 saturated heterocycles. The number of halogens is 1. The number of hydrogen-bond donors (Lipinski definition) is 2. The van der Waals surface area contributed by atoms with E-state index in [1.54, 1.807) is 60.9 Å². The number of benzene rings is 2. The number of hydrogen-bond acceptors (Lipinski definition) is 4. The van der Waals surface area contributed by atoms with E-state index in [1.807, 2.05) is 0 Å². The topological polar surface area (TPSA) is 75.6 Å². The third kappa shape index (κ3) is 5.16. The van der Waals surface area contributed by atoms with Crippen LogP contribution in [0.5, 0.6) is 5.75 Å². The Morgan fingerprint density at radius 1 is 1.32 bits per heavy atom. The minimum Gasteiger partial charge on any atom is -0.481 e. The second-order valence-corrected chi connectivity index (χ2v) is 7.35. The quantitative estimate of drug-likeness (QED) is 0.426. The lowest BCUT2D eigenvalue weighted by Gasteiger charge is -2.15. The van der Waals surface area contributed by atoms with Gasteiger partial charge in [0.1, 0.15) is 17.6 Å². The van der Waals surface area contributed by atoms with Gasteiger partial charge in [-0.1, -0.05) is 34.0 Å². The first-order chi connectivity index (χ1) is 12.1. The van der Waals surface area contributed by atoms with Crippen molar-refractivity contribution >= 4 is 32.6 Å². The lowest BCUT2D eigenvalue weighted by atomic mass is 10.1. The van der Waals surface area contributed by atoms with E-state index in [1.165, 1.54) is 0 Å². The largest absolute Gasteiger partial charge is 0.481 e. The van der Waals surface area contributed by atoms with Crippen LogP contribution in [0.1, 0.15) is 17.7 Å². The van der Waals surface area contributed by atoms with Gasteiger partial charge in [0.25, 0.3) is 5.91 Å². The molecule has 2 N–H and O–H groups in total. The maximum atomic E-state index is 12.9. The van der Waals surface area contributed by atoms with Crippen molar-refractivity contribution in [1.29, 1.82) is 0 Å². The second-order valence-electron chi connectivity index (χ2n) is 4.90. The van der Waals surface area contributed by atoms with Crippen molar-refractivity contribution in [2.24, 2.45) is 0 Å². The standard InChI is InChI=1S/C18H16BrNO4S/c1-2-3-11-24-15-7-9-16(10-8-15)25(23)17(18(21)20-22)13-5-4-6-14(19)12-13/h4-10,12,17,22H,11H2,1H3,(H,20,21)/t17-,25?/m0/s1. The first-order valence-electron chi connectivity index (χ1n) is 7.29. The summed E-state index contributed by atoms with van der Waals surface area (Å²) in [6.45, 7) is 2.00. The summed E-state index contributed by atoms with van der Waals surface area (Å²) in [6, 6.07) is 13.5. The van der Waals surface area contributed by atoms with Crippen molar-refractivity contribution < 1.29 is 18.9 Å². The lowest BCUT2D eigenvalue weighted by molar-refractivity contribution is -0.128. The van der Waals surface area contributed by atoms with Gasteiger partial charge in [0.05, 0.1) is 10.8 Å². The summed E-state index contributed by atoms with van der Waals surface area (Å²) >= 11 is 3.33. The molecule has 0 heterocycles. The van der Waals surface area contributed by atoms with Gasteiger partial charge >= 0.3 is 0 Å². The Balaban J connectivity index is 2.27. The Morgan fingerprint density at radius 3 is 2.64 bits per heavy atom. The van der Waals surface area contributed by atoms with Gasteiger partial charge in [0.15, 0.2) is 0 Å². The molecule has 0 saturated carbocycles. The van der Waals surface area contributed by atoms with Crippen molar-refractivity contribution in [1.82, 2.24) is 5.48 Å². The van der Waals surface area contributed by atoms with Crippen LogP contribution in [0.15, 0.2) is 57.9 Å². The van der Waals surface area contributed by atoms with Gasteiger partial charge in [-0.3, -0.25) is 14.2 Å². The Kier molecular flexibility index (Phi) is 7.19. The normalized spacial score (nSPS) is 12.4. The maximum Gasteiger partial charge on any atom is 0.263 e. The predicted octanol–water partition coefficient (Wildman–Crippen LogP) is 3.21. The molecule has 2 atom stereocenters. The molecule has 0 radical (unpaired) electrons. The Morgan fingerprint density at radius 2 is 2.04 bits per heavy atom. The molecule has 7 heteroatoms. The van der Waals surface area contributed by atoms with E-state index in [2.05, 4.69) is 27.8 Å². The molecule has 2 aromatic carbocycles. The summed E-state index contributed by atoms with van der Waals surface area (Å²) in [6.07, 6.45) is 0. The number of carbonyl (C=O) groups excluding carboxylic acids is 1. The monoisotopic (exact) mass is 421 g/mol. The average molecular weight is 422 g/mol. The SMILES string of the molecule is CC#CCOc1ccc(S(=O)[C@H](C(=O)NO)c2cccc(Br)c2)cc1. The Hall–Kier alpha value is -2.14. The van der Waals surface area contributed by atoms with Crippen LogP contribution in [0, 0.1) is 11.8 Å². The molecule has 0 spiro atoms. The predicted molar refractivity (Wildman–Crippen MR) is 98.6 cm³/mol. The molecule has 5 nitrogen and oxygen atoms in total. The molecule has 130 valence electrons. The minimum absolute atomic E-state index is 0.270. The third-order valence-corrected chi connectivity index (χ3v) is 5.40. The molecule has 0 bridgehead atoms. The van der Waals surface area contributed by atoms with E-state index in [0.717, 1.165) is 4.47 Å². The summed E-state index contributed by atoms with van der Waals surface area (Å²) in [5.41, 5.74) is 2.12.